The fourth-order valence-corrected chi connectivity index (χ4v) is 2.89. The van der Waals surface area contributed by atoms with Crippen LogP contribution in [0.1, 0.15) is 35.0 Å². The molecule has 112 valence electrons. The summed E-state index contributed by atoms with van der Waals surface area (Å²) in [6.07, 6.45) is 5.76. The van der Waals surface area contributed by atoms with E-state index in [1.807, 2.05) is 59.6 Å². The summed E-state index contributed by atoms with van der Waals surface area (Å²) in [6, 6.07) is 11.4. The van der Waals surface area contributed by atoms with Gasteiger partial charge in [-0.1, -0.05) is 13.8 Å². The van der Waals surface area contributed by atoms with Crippen LogP contribution in [-0.2, 0) is 0 Å². The van der Waals surface area contributed by atoms with E-state index in [4.69, 9.17) is 0 Å². The number of nitrogens with one attached hydrogen (secondary N) is 1. The van der Waals surface area contributed by atoms with Crippen molar-refractivity contribution in [2.45, 2.75) is 19.8 Å². The van der Waals surface area contributed by atoms with Gasteiger partial charge in [0.15, 0.2) is 5.13 Å². The maximum Gasteiger partial charge on any atom is 0.257 e. The lowest BCUT2D eigenvalue weighted by atomic mass is 10.2. The lowest BCUT2D eigenvalue weighted by Crippen LogP contribution is -2.11. The lowest BCUT2D eigenvalue weighted by Gasteiger charge is -2.05. The first kappa shape index (κ1) is 14.5. The highest BCUT2D eigenvalue weighted by Crippen LogP contribution is 2.25. The zero-order valence-corrected chi connectivity index (χ0v) is 13.3. The summed E-state index contributed by atoms with van der Waals surface area (Å²) in [5.41, 5.74) is 1.65. The van der Waals surface area contributed by atoms with Crippen LogP contribution < -0.4 is 5.32 Å². The molecule has 0 radical (unpaired) electrons. The quantitative estimate of drug-likeness (QED) is 0.780. The van der Waals surface area contributed by atoms with Crippen LogP contribution in [0, 0.1) is 0 Å². The predicted molar refractivity (Wildman–Crippen MR) is 89.9 cm³/mol. The highest BCUT2D eigenvalue weighted by Gasteiger charge is 2.10. The first-order valence-corrected chi connectivity index (χ1v) is 7.95. The van der Waals surface area contributed by atoms with E-state index in [2.05, 4.69) is 24.1 Å². The van der Waals surface area contributed by atoms with Gasteiger partial charge in [-0.05, 0) is 42.3 Å². The van der Waals surface area contributed by atoms with Crippen LogP contribution >= 0.6 is 11.3 Å². The van der Waals surface area contributed by atoms with Gasteiger partial charge in [0.2, 0.25) is 0 Å². The number of hydrogen-bond acceptors (Lipinski definition) is 3. The number of anilines is 1. The maximum absolute atomic E-state index is 12.2. The van der Waals surface area contributed by atoms with Crippen molar-refractivity contribution in [2.75, 3.05) is 5.32 Å². The summed E-state index contributed by atoms with van der Waals surface area (Å²) in [5.74, 6) is 0.285. The number of thiazole rings is 1. The highest BCUT2D eigenvalue weighted by atomic mass is 32.1. The minimum Gasteiger partial charge on any atom is -0.324 e. The summed E-state index contributed by atoms with van der Waals surface area (Å²) in [7, 11) is 0. The molecule has 0 unspecified atom stereocenters. The van der Waals surface area contributed by atoms with Gasteiger partial charge in [0, 0.05) is 34.7 Å². The van der Waals surface area contributed by atoms with E-state index in [0.29, 0.717) is 16.6 Å². The van der Waals surface area contributed by atoms with Gasteiger partial charge < -0.3 is 4.57 Å². The molecule has 2 heterocycles. The Morgan fingerprint density at radius 3 is 2.45 bits per heavy atom. The number of carbonyl (C=O) groups is 1. The molecule has 0 saturated carbocycles. The minimum absolute atomic E-state index is 0.135. The fraction of sp³-hybridized carbons (Fsp3) is 0.176. The SMILES string of the molecule is CC(C)c1cnc(NC(=O)c2ccc(-n3cccc3)cc2)s1. The van der Waals surface area contributed by atoms with Gasteiger partial charge in [-0.15, -0.1) is 11.3 Å². The third kappa shape index (κ3) is 3.09. The predicted octanol–water partition coefficient (Wildman–Crippen LogP) is 4.31. The van der Waals surface area contributed by atoms with E-state index < -0.39 is 0 Å². The van der Waals surface area contributed by atoms with E-state index in [1.165, 1.54) is 16.2 Å². The summed E-state index contributed by atoms with van der Waals surface area (Å²) in [6.45, 7) is 4.22. The number of aromatic nitrogens is 2. The molecule has 4 nitrogen and oxygen atoms in total. The van der Waals surface area contributed by atoms with Crippen molar-refractivity contribution < 1.29 is 4.79 Å². The van der Waals surface area contributed by atoms with Crippen molar-refractivity contribution in [3.8, 4) is 5.69 Å². The van der Waals surface area contributed by atoms with Gasteiger partial charge in [0.25, 0.3) is 5.91 Å². The average molecular weight is 311 g/mol. The molecule has 0 fully saturated rings. The van der Waals surface area contributed by atoms with Crippen LogP contribution in [-0.4, -0.2) is 15.5 Å². The molecule has 0 saturated heterocycles. The number of benzene rings is 1. The second-order valence-electron chi connectivity index (χ2n) is 5.31. The van der Waals surface area contributed by atoms with Crippen molar-refractivity contribution in [1.29, 1.82) is 0 Å². The van der Waals surface area contributed by atoms with Crippen LogP contribution in [0.15, 0.2) is 55.0 Å². The molecule has 22 heavy (non-hydrogen) atoms. The molecular formula is C17H17N3OS. The van der Waals surface area contributed by atoms with Crippen molar-refractivity contribution in [2.24, 2.45) is 0 Å². The average Bonchev–Trinajstić information content (AvgIpc) is 3.19. The van der Waals surface area contributed by atoms with E-state index in [0.717, 1.165) is 5.69 Å². The van der Waals surface area contributed by atoms with E-state index in [9.17, 15) is 4.79 Å². The van der Waals surface area contributed by atoms with Gasteiger partial charge in [0.05, 0.1) is 0 Å². The molecule has 3 rings (SSSR count). The maximum atomic E-state index is 12.2. The molecular weight excluding hydrogens is 294 g/mol. The van der Waals surface area contributed by atoms with Crippen LogP contribution in [0.4, 0.5) is 5.13 Å². The lowest BCUT2D eigenvalue weighted by molar-refractivity contribution is 0.102. The molecule has 0 atom stereocenters. The van der Waals surface area contributed by atoms with Crippen LogP contribution in [0.3, 0.4) is 0 Å². The van der Waals surface area contributed by atoms with Crippen LogP contribution in [0.5, 0.6) is 0 Å². The largest absolute Gasteiger partial charge is 0.324 e. The minimum atomic E-state index is -0.135. The fourth-order valence-electron chi connectivity index (χ4n) is 2.07. The second-order valence-corrected chi connectivity index (χ2v) is 6.38. The molecule has 1 N–H and O–H groups in total. The smallest absolute Gasteiger partial charge is 0.257 e. The molecule has 1 aromatic carbocycles. The Balaban J connectivity index is 1.72. The van der Waals surface area contributed by atoms with Crippen LogP contribution in [0.25, 0.3) is 5.69 Å². The molecule has 0 spiro atoms. The van der Waals surface area contributed by atoms with Gasteiger partial charge in [-0.2, -0.15) is 0 Å². The summed E-state index contributed by atoms with van der Waals surface area (Å²) < 4.78 is 2.00. The number of carbonyl (C=O) groups excluding carboxylic acids is 1. The zero-order chi connectivity index (χ0) is 15.5. The molecule has 0 aliphatic carbocycles. The Morgan fingerprint density at radius 2 is 1.86 bits per heavy atom. The Hall–Kier alpha value is -2.40. The van der Waals surface area contributed by atoms with Crippen molar-refractivity contribution in [1.82, 2.24) is 9.55 Å². The monoisotopic (exact) mass is 311 g/mol. The van der Waals surface area contributed by atoms with Gasteiger partial charge in [-0.25, -0.2) is 4.98 Å². The third-order valence-corrected chi connectivity index (χ3v) is 4.56. The number of rotatable bonds is 4. The number of nitrogens with zero attached hydrogens (tertiary/aromatic N) is 2. The summed E-state index contributed by atoms with van der Waals surface area (Å²) in [5, 5.41) is 3.49. The molecule has 0 aliphatic rings. The highest BCUT2D eigenvalue weighted by molar-refractivity contribution is 7.15. The third-order valence-electron chi connectivity index (χ3n) is 3.35. The molecule has 2 aromatic heterocycles. The van der Waals surface area contributed by atoms with Gasteiger partial charge in [-0.3, -0.25) is 10.1 Å². The molecule has 5 heteroatoms. The van der Waals surface area contributed by atoms with E-state index in [1.54, 1.807) is 0 Å². The Labute approximate surface area is 133 Å². The zero-order valence-electron chi connectivity index (χ0n) is 12.5. The molecule has 0 bridgehead atoms. The Morgan fingerprint density at radius 1 is 1.18 bits per heavy atom. The standard InChI is InChI=1S/C17H17N3OS/c1-12(2)15-11-18-17(22-15)19-16(21)13-5-7-14(8-6-13)20-9-3-4-10-20/h3-12H,1-2H3,(H,18,19,21). The first-order valence-electron chi connectivity index (χ1n) is 7.14. The second kappa shape index (κ2) is 6.15. The summed E-state index contributed by atoms with van der Waals surface area (Å²) >= 11 is 1.52. The summed E-state index contributed by atoms with van der Waals surface area (Å²) in [4.78, 5) is 17.6. The van der Waals surface area contributed by atoms with Crippen molar-refractivity contribution in [3.05, 3.63) is 65.4 Å². The van der Waals surface area contributed by atoms with Crippen molar-refractivity contribution >= 4 is 22.4 Å². The Kier molecular flexibility index (Phi) is 4.06. The van der Waals surface area contributed by atoms with Gasteiger partial charge in [0.1, 0.15) is 0 Å². The van der Waals surface area contributed by atoms with E-state index in [-0.39, 0.29) is 5.91 Å². The van der Waals surface area contributed by atoms with Gasteiger partial charge >= 0.3 is 0 Å². The normalized spacial score (nSPS) is 10.9. The Bertz CT molecular complexity index is 758. The number of hydrogen-bond donors (Lipinski definition) is 1. The molecule has 3 aromatic rings. The van der Waals surface area contributed by atoms with Crippen molar-refractivity contribution in [3.63, 3.8) is 0 Å². The number of amides is 1. The topological polar surface area (TPSA) is 46.9 Å². The van der Waals surface area contributed by atoms with Crippen LogP contribution in [0.2, 0.25) is 0 Å². The van der Waals surface area contributed by atoms with E-state index >= 15 is 0 Å². The first-order chi connectivity index (χ1) is 10.6. The molecule has 1 amide bonds. The molecule has 0 aliphatic heterocycles.